The number of nitrogens with zero attached hydrogens (tertiary/aromatic N) is 1. The molecule has 2 heterocycles. The summed E-state index contributed by atoms with van der Waals surface area (Å²) in [5.41, 5.74) is 1.25. The molecule has 1 unspecified atom stereocenters. The minimum absolute atomic E-state index is 0.152. The molecule has 4 heteroatoms. The summed E-state index contributed by atoms with van der Waals surface area (Å²) in [4.78, 5) is 14.3. The fourth-order valence-corrected chi connectivity index (χ4v) is 3.82. The van der Waals surface area contributed by atoms with Gasteiger partial charge < -0.3 is 10.2 Å². The number of hydrogen-bond acceptors (Lipinski definition) is 3. The van der Waals surface area contributed by atoms with Crippen molar-refractivity contribution < 1.29 is 4.79 Å². The summed E-state index contributed by atoms with van der Waals surface area (Å²) in [5, 5.41) is 6.76. The topological polar surface area (TPSA) is 32.3 Å². The Hall–Kier alpha value is -1.39. The van der Waals surface area contributed by atoms with E-state index in [-0.39, 0.29) is 11.8 Å². The monoisotopic (exact) mass is 288 g/mol. The lowest BCUT2D eigenvalue weighted by atomic mass is 9.98. The Morgan fingerprint density at radius 2 is 2.30 bits per heavy atom. The highest BCUT2D eigenvalue weighted by molar-refractivity contribution is 7.17. The Morgan fingerprint density at radius 3 is 3.10 bits per heavy atom. The van der Waals surface area contributed by atoms with Crippen LogP contribution < -0.4 is 5.32 Å². The van der Waals surface area contributed by atoms with E-state index in [0.29, 0.717) is 6.54 Å². The normalized spacial score (nSPS) is 19.1. The van der Waals surface area contributed by atoms with Crippen molar-refractivity contribution in [2.75, 3.05) is 20.1 Å². The summed E-state index contributed by atoms with van der Waals surface area (Å²) in [6, 6.07) is 8.40. The fourth-order valence-electron chi connectivity index (χ4n) is 2.86. The zero-order valence-electron chi connectivity index (χ0n) is 11.8. The van der Waals surface area contributed by atoms with E-state index in [1.54, 1.807) is 11.3 Å². The van der Waals surface area contributed by atoms with Crippen LogP contribution in [0.1, 0.15) is 18.4 Å². The highest BCUT2D eigenvalue weighted by Crippen LogP contribution is 2.27. The second kappa shape index (κ2) is 5.94. The van der Waals surface area contributed by atoms with Crippen molar-refractivity contribution in [3.63, 3.8) is 0 Å². The first-order valence-corrected chi connectivity index (χ1v) is 8.04. The van der Waals surface area contributed by atoms with Gasteiger partial charge in [-0.1, -0.05) is 18.2 Å². The maximum Gasteiger partial charge on any atom is 0.227 e. The Balaban J connectivity index is 1.71. The molecule has 1 atom stereocenters. The van der Waals surface area contributed by atoms with Crippen LogP contribution in [0.4, 0.5) is 0 Å². The molecule has 1 aliphatic heterocycles. The summed E-state index contributed by atoms with van der Waals surface area (Å²) in [5.74, 6) is 0.422. The molecule has 0 radical (unpaired) electrons. The zero-order valence-corrected chi connectivity index (χ0v) is 12.6. The van der Waals surface area contributed by atoms with Crippen LogP contribution in [-0.2, 0) is 11.3 Å². The molecule has 106 valence electrons. The van der Waals surface area contributed by atoms with Crippen LogP contribution in [0.15, 0.2) is 29.6 Å². The van der Waals surface area contributed by atoms with Gasteiger partial charge in [-0.2, -0.15) is 0 Å². The lowest BCUT2D eigenvalue weighted by molar-refractivity contribution is -0.135. The van der Waals surface area contributed by atoms with Crippen molar-refractivity contribution in [1.29, 1.82) is 0 Å². The lowest BCUT2D eigenvalue weighted by Crippen LogP contribution is -2.41. The third-order valence-corrected chi connectivity index (χ3v) is 5.00. The van der Waals surface area contributed by atoms with Gasteiger partial charge in [0.25, 0.3) is 0 Å². The van der Waals surface area contributed by atoms with E-state index in [1.165, 1.54) is 15.6 Å². The van der Waals surface area contributed by atoms with E-state index >= 15 is 0 Å². The molecule has 1 aliphatic rings. The molecule has 0 bridgehead atoms. The molecule has 0 saturated carbocycles. The first-order chi connectivity index (χ1) is 9.75. The lowest BCUT2D eigenvalue weighted by Gasteiger charge is -2.27. The summed E-state index contributed by atoms with van der Waals surface area (Å²) in [6.45, 7) is 2.58. The predicted octanol–water partition coefficient (Wildman–Crippen LogP) is 2.86. The number of rotatable bonds is 3. The van der Waals surface area contributed by atoms with E-state index < -0.39 is 0 Å². The molecular weight excluding hydrogens is 268 g/mol. The van der Waals surface area contributed by atoms with Gasteiger partial charge in [0, 0.05) is 24.8 Å². The van der Waals surface area contributed by atoms with Crippen LogP contribution in [0, 0.1) is 5.92 Å². The van der Waals surface area contributed by atoms with Crippen molar-refractivity contribution in [2.24, 2.45) is 5.92 Å². The third-order valence-electron chi connectivity index (χ3n) is 3.99. The Labute approximate surface area is 123 Å². The molecule has 2 aromatic rings. The molecule has 1 amide bonds. The van der Waals surface area contributed by atoms with E-state index in [1.807, 2.05) is 11.9 Å². The molecule has 3 nitrogen and oxygen atoms in total. The standard InChI is InChI=1S/C16H20N2OS/c1-18(16(19)12-5-4-8-17-9-12)10-13-11-20-15-7-3-2-6-14(13)15/h2-3,6-7,11-12,17H,4-5,8-10H2,1H3. The van der Waals surface area contributed by atoms with E-state index in [4.69, 9.17) is 0 Å². The molecule has 0 aliphatic carbocycles. The quantitative estimate of drug-likeness (QED) is 0.942. The number of fused-ring (bicyclic) bond motifs is 1. The molecular formula is C16H20N2OS. The summed E-state index contributed by atoms with van der Waals surface area (Å²) < 4.78 is 1.29. The average Bonchev–Trinajstić information content (AvgIpc) is 2.91. The van der Waals surface area contributed by atoms with Gasteiger partial charge in [0.1, 0.15) is 0 Å². The van der Waals surface area contributed by atoms with Crippen LogP contribution in [0.2, 0.25) is 0 Å². The van der Waals surface area contributed by atoms with Gasteiger partial charge >= 0.3 is 0 Å². The maximum absolute atomic E-state index is 12.4. The summed E-state index contributed by atoms with van der Waals surface area (Å²) in [6.07, 6.45) is 2.12. The second-order valence-electron chi connectivity index (χ2n) is 5.49. The van der Waals surface area contributed by atoms with Gasteiger partial charge in [-0.3, -0.25) is 4.79 Å². The maximum atomic E-state index is 12.4. The van der Waals surface area contributed by atoms with Crippen molar-refractivity contribution in [1.82, 2.24) is 10.2 Å². The molecule has 1 fully saturated rings. The summed E-state index contributed by atoms with van der Waals surface area (Å²) >= 11 is 1.75. The molecule has 20 heavy (non-hydrogen) atoms. The van der Waals surface area contributed by atoms with Crippen molar-refractivity contribution in [3.05, 3.63) is 35.2 Å². The Bertz CT molecular complexity index is 601. The molecule has 0 spiro atoms. The number of piperidine rings is 1. The highest BCUT2D eigenvalue weighted by Gasteiger charge is 2.24. The van der Waals surface area contributed by atoms with Crippen LogP contribution in [0.25, 0.3) is 10.1 Å². The molecule has 1 aromatic carbocycles. The molecule has 1 N–H and O–H groups in total. The number of carbonyl (C=O) groups is 1. The number of amides is 1. The van der Waals surface area contributed by atoms with Crippen molar-refractivity contribution in [3.8, 4) is 0 Å². The molecule has 1 aromatic heterocycles. The average molecular weight is 288 g/mol. The molecule has 1 saturated heterocycles. The van der Waals surface area contributed by atoms with Crippen molar-refractivity contribution >= 4 is 27.3 Å². The number of benzene rings is 1. The van der Waals surface area contributed by atoms with Gasteiger partial charge in [0.2, 0.25) is 5.91 Å². The van der Waals surface area contributed by atoms with E-state index in [2.05, 4.69) is 35.0 Å². The number of nitrogens with one attached hydrogen (secondary N) is 1. The van der Waals surface area contributed by atoms with E-state index in [9.17, 15) is 4.79 Å². The van der Waals surface area contributed by atoms with Crippen LogP contribution >= 0.6 is 11.3 Å². The van der Waals surface area contributed by atoms with Crippen LogP contribution in [-0.4, -0.2) is 30.9 Å². The smallest absolute Gasteiger partial charge is 0.227 e. The van der Waals surface area contributed by atoms with Gasteiger partial charge in [-0.25, -0.2) is 0 Å². The van der Waals surface area contributed by atoms with Crippen molar-refractivity contribution in [2.45, 2.75) is 19.4 Å². The minimum atomic E-state index is 0.152. The van der Waals surface area contributed by atoms with E-state index in [0.717, 1.165) is 25.9 Å². The van der Waals surface area contributed by atoms with Gasteiger partial charge in [-0.15, -0.1) is 11.3 Å². The van der Waals surface area contributed by atoms with Crippen LogP contribution in [0.5, 0.6) is 0 Å². The Morgan fingerprint density at radius 1 is 1.45 bits per heavy atom. The number of thiophene rings is 1. The predicted molar refractivity (Wildman–Crippen MR) is 83.9 cm³/mol. The first kappa shape index (κ1) is 13.6. The number of hydrogen-bond donors (Lipinski definition) is 1. The van der Waals surface area contributed by atoms with Crippen LogP contribution in [0.3, 0.4) is 0 Å². The minimum Gasteiger partial charge on any atom is -0.341 e. The SMILES string of the molecule is CN(Cc1csc2ccccc12)C(=O)C1CCCNC1. The second-order valence-corrected chi connectivity index (χ2v) is 6.41. The van der Waals surface area contributed by atoms with Gasteiger partial charge in [0.05, 0.1) is 5.92 Å². The zero-order chi connectivity index (χ0) is 13.9. The van der Waals surface area contributed by atoms with Gasteiger partial charge in [0.15, 0.2) is 0 Å². The Kier molecular flexibility index (Phi) is 4.03. The largest absolute Gasteiger partial charge is 0.341 e. The molecule has 3 rings (SSSR count). The first-order valence-electron chi connectivity index (χ1n) is 7.16. The number of carbonyl (C=O) groups excluding carboxylic acids is 1. The third kappa shape index (κ3) is 2.72. The summed E-state index contributed by atoms with van der Waals surface area (Å²) in [7, 11) is 1.92. The fraction of sp³-hybridized carbons (Fsp3) is 0.438. The van der Waals surface area contributed by atoms with Gasteiger partial charge in [-0.05, 0) is 41.8 Å². The highest BCUT2D eigenvalue weighted by atomic mass is 32.1.